The zero-order chi connectivity index (χ0) is 12.3. The molecule has 4 heteroatoms. The summed E-state index contributed by atoms with van der Waals surface area (Å²) in [5.41, 5.74) is 2.03. The number of aryl methyl sites for hydroxylation is 1. The van der Waals surface area contributed by atoms with Crippen molar-refractivity contribution in [1.29, 1.82) is 0 Å². The molecule has 0 spiro atoms. The van der Waals surface area contributed by atoms with Gasteiger partial charge in [0.15, 0.2) is 0 Å². The second kappa shape index (κ2) is 5.19. The minimum atomic E-state index is 0.320. The fraction of sp³-hybridized carbons (Fsp3) is 0.154. The smallest absolute Gasteiger partial charge is 0.272 e. The Morgan fingerprint density at radius 1 is 1.29 bits per heavy atom. The highest BCUT2D eigenvalue weighted by Crippen LogP contribution is 2.19. The normalized spacial score (nSPS) is 10.2. The molecule has 0 amide bonds. The average molecular weight is 294 g/mol. The molecule has 17 heavy (non-hydrogen) atoms. The van der Waals surface area contributed by atoms with Crippen LogP contribution in [0, 0.1) is 6.92 Å². The lowest BCUT2D eigenvalue weighted by atomic mass is 10.1. The third kappa shape index (κ3) is 3.20. The average Bonchev–Trinajstić information content (AvgIpc) is 2.32. The third-order valence-electron chi connectivity index (χ3n) is 2.48. The Balaban J connectivity index is 2.07. The standard InChI is InChI=1S/C13H13BrN2O/c1-9-2-4-12(17)10(6-9)7-15-13-5-3-11(14)8-16-13/h2-6,8,17H,7H2,1H3,(H,15,16)/p+1. The van der Waals surface area contributed by atoms with E-state index >= 15 is 0 Å². The molecule has 0 atom stereocenters. The molecule has 1 heterocycles. The van der Waals surface area contributed by atoms with Gasteiger partial charge in [0.05, 0.1) is 4.47 Å². The Bertz CT molecular complexity index is 511. The molecular weight excluding hydrogens is 280 g/mol. The van der Waals surface area contributed by atoms with Crippen molar-refractivity contribution in [3.63, 3.8) is 0 Å². The lowest BCUT2D eigenvalue weighted by Crippen LogP contribution is -2.12. The number of pyridine rings is 1. The van der Waals surface area contributed by atoms with E-state index in [1.165, 1.54) is 0 Å². The maximum absolute atomic E-state index is 9.70. The number of halogens is 1. The van der Waals surface area contributed by atoms with E-state index in [1.54, 1.807) is 6.07 Å². The molecule has 1 aromatic carbocycles. The van der Waals surface area contributed by atoms with Gasteiger partial charge in [0.1, 0.15) is 18.5 Å². The molecule has 2 aromatic rings. The molecule has 3 N–H and O–H groups in total. The van der Waals surface area contributed by atoms with Gasteiger partial charge in [0, 0.05) is 11.6 Å². The third-order valence-corrected chi connectivity index (χ3v) is 2.97. The first-order chi connectivity index (χ1) is 8.15. The molecule has 0 aliphatic rings. The lowest BCUT2D eigenvalue weighted by molar-refractivity contribution is -0.362. The monoisotopic (exact) mass is 293 g/mol. The fourth-order valence-electron chi connectivity index (χ4n) is 1.56. The van der Waals surface area contributed by atoms with Gasteiger partial charge in [-0.1, -0.05) is 11.6 Å². The lowest BCUT2D eigenvalue weighted by Gasteiger charge is -2.04. The quantitative estimate of drug-likeness (QED) is 0.914. The molecule has 2 rings (SSSR count). The van der Waals surface area contributed by atoms with Crippen molar-refractivity contribution in [3.8, 4) is 5.75 Å². The Morgan fingerprint density at radius 2 is 2.12 bits per heavy atom. The number of aromatic hydroxyl groups is 1. The van der Waals surface area contributed by atoms with E-state index in [0.717, 1.165) is 21.4 Å². The molecule has 0 unspecified atom stereocenters. The van der Waals surface area contributed by atoms with Crippen LogP contribution in [0.4, 0.5) is 5.82 Å². The van der Waals surface area contributed by atoms with Crippen molar-refractivity contribution in [1.82, 2.24) is 0 Å². The van der Waals surface area contributed by atoms with E-state index in [-0.39, 0.29) is 0 Å². The van der Waals surface area contributed by atoms with Crippen molar-refractivity contribution in [2.45, 2.75) is 13.5 Å². The summed E-state index contributed by atoms with van der Waals surface area (Å²) in [6.07, 6.45) is 1.86. The van der Waals surface area contributed by atoms with Crippen molar-refractivity contribution in [2.24, 2.45) is 0 Å². The Labute approximate surface area is 109 Å². The molecule has 0 radical (unpaired) electrons. The van der Waals surface area contributed by atoms with Crippen molar-refractivity contribution < 1.29 is 10.1 Å². The SMILES string of the molecule is Cc1ccc(O)c(CNc2ccc(Br)c[nH+]2)c1. The van der Waals surface area contributed by atoms with Crippen LogP contribution >= 0.6 is 15.9 Å². The Kier molecular flexibility index (Phi) is 3.64. The molecule has 0 fully saturated rings. The van der Waals surface area contributed by atoms with Gasteiger partial charge < -0.3 is 5.11 Å². The number of hydrogen-bond donors (Lipinski definition) is 2. The summed E-state index contributed by atoms with van der Waals surface area (Å²) in [6, 6.07) is 9.48. The summed E-state index contributed by atoms with van der Waals surface area (Å²) in [6.45, 7) is 2.60. The van der Waals surface area contributed by atoms with E-state index in [9.17, 15) is 5.11 Å². The van der Waals surface area contributed by atoms with Crippen molar-refractivity contribution >= 4 is 21.7 Å². The van der Waals surface area contributed by atoms with Crippen LogP contribution < -0.4 is 10.3 Å². The van der Waals surface area contributed by atoms with Crippen LogP contribution in [0.25, 0.3) is 0 Å². The summed E-state index contributed by atoms with van der Waals surface area (Å²) >= 11 is 3.36. The number of phenols is 1. The second-order valence-corrected chi connectivity index (χ2v) is 4.82. The zero-order valence-corrected chi connectivity index (χ0v) is 11.1. The molecular formula is C13H14BrN2O+. The first-order valence-corrected chi connectivity index (χ1v) is 6.14. The number of nitrogens with one attached hydrogen (secondary N) is 2. The summed E-state index contributed by atoms with van der Waals surface area (Å²) in [5.74, 6) is 1.23. The van der Waals surface area contributed by atoms with E-state index < -0.39 is 0 Å². The highest BCUT2D eigenvalue weighted by atomic mass is 79.9. The first-order valence-electron chi connectivity index (χ1n) is 5.35. The molecule has 0 saturated heterocycles. The molecule has 88 valence electrons. The van der Waals surface area contributed by atoms with Gasteiger partial charge in [-0.15, -0.1) is 0 Å². The number of benzene rings is 1. The van der Waals surface area contributed by atoms with Gasteiger partial charge in [0.2, 0.25) is 0 Å². The van der Waals surface area contributed by atoms with Crippen LogP contribution in [-0.4, -0.2) is 5.11 Å². The number of aromatic nitrogens is 1. The molecule has 1 aromatic heterocycles. The van der Waals surface area contributed by atoms with Crippen molar-refractivity contribution in [2.75, 3.05) is 5.32 Å². The van der Waals surface area contributed by atoms with Crippen LogP contribution in [0.5, 0.6) is 5.75 Å². The minimum absolute atomic E-state index is 0.320. The second-order valence-electron chi connectivity index (χ2n) is 3.91. The maximum Gasteiger partial charge on any atom is 0.272 e. The number of H-pyrrole nitrogens is 1. The molecule has 0 bridgehead atoms. The first kappa shape index (κ1) is 11.9. The number of anilines is 1. The van der Waals surface area contributed by atoms with Gasteiger partial charge in [0.25, 0.3) is 5.82 Å². The molecule has 0 aliphatic carbocycles. The van der Waals surface area contributed by atoms with Crippen LogP contribution in [0.15, 0.2) is 41.0 Å². The Morgan fingerprint density at radius 3 is 2.82 bits per heavy atom. The van der Waals surface area contributed by atoms with Crippen molar-refractivity contribution in [3.05, 3.63) is 52.1 Å². The van der Waals surface area contributed by atoms with Gasteiger partial charge in [-0.2, -0.15) is 0 Å². The van der Waals surface area contributed by atoms with Gasteiger partial charge >= 0.3 is 0 Å². The van der Waals surface area contributed by atoms with E-state index in [0.29, 0.717) is 12.3 Å². The summed E-state index contributed by atoms with van der Waals surface area (Å²) in [5, 5.41) is 12.9. The Hall–Kier alpha value is -1.55. The largest absolute Gasteiger partial charge is 0.508 e. The predicted molar refractivity (Wildman–Crippen MR) is 70.9 cm³/mol. The predicted octanol–water partition coefficient (Wildman–Crippen LogP) is 2.89. The maximum atomic E-state index is 9.70. The molecule has 3 nitrogen and oxygen atoms in total. The van der Waals surface area contributed by atoms with Crippen LogP contribution in [-0.2, 0) is 6.54 Å². The highest BCUT2D eigenvalue weighted by Gasteiger charge is 2.05. The van der Waals surface area contributed by atoms with Gasteiger partial charge in [-0.3, -0.25) is 5.32 Å². The topological polar surface area (TPSA) is 46.4 Å². The van der Waals surface area contributed by atoms with Crippen LogP contribution in [0.2, 0.25) is 0 Å². The minimum Gasteiger partial charge on any atom is -0.508 e. The van der Waals surface area contributed by atoms with Gasteiger partial charge in [-0.25, -0.2) is 4.98 Å². The van der Waals surface area contributed by atoms with E-state index in [4.69, 9.17) is 0 Å². The molecule has 0 saturated carbocycles. The van der Waals surface area contributed by atoms with Gasteiger partial charge in [-0.05, 0) is 41.1 Å². The summed E-state index contributed by atoms with van der Waals surface area (Å²) in [4.78, 5) is 3.10. The summed E-state index contributed by atoms with van der Waals surface area (Å²) < 4.78 is 1.00. The summed E-state index contributed by atoms with van der Waals surface area (Å²) in [7, 11) is 0. The van der Waals surface area contributed by atoms with E-state index in [1.807, 2.05) is 37.4 Å². The number of rotatable bonds is 3. The van der Waals surface area contributed by atoms with Crippen LogP contribution in [0.1, 0.15) is 11.1 Å². The highest BCUT2D eigenvalue weighted by molar-refractivity contribution is 9.10. The van der Waals surface area contributed by atoms with Crippen LogP contribution in [0.3, 0.4) is 0 Å². The fourth-order valence-corrected chi connectivity index (χ4v) is 1.81. The number of aromatic amines is 1. The van der Waals surface area contributed by atoms with E-state index in [2.05, 4.69) is 26.2 Å². The number of phenolic OH excluding ortho intramolecular Hbond substituents is 1. The molecule has 0 aliphatic heterocycles. The number of hydrogen-bond acceptors (Lipinski definition) is 2. The zero-order valence-electron chi connectivity index (χ0n) is 9.50.